The third-order valence-corrected chi connectivity index (χ3v) is 2.62. The average molecular weight is 278 g/mol. The molecule has 0 saturated heterocycles. The second kappa shape index (κ2) is 6.18. The lowest BCUT2D eigenvalue weighted by Gasteiger charge is -2.01. The molecular weight excluding hydrogens is 263 g/mol. The number of ether oxygens (including phenoxy) is 2. The number of benzene rings is 1. The van der Waals surface area contributed by atoms with Crippen LogP contribution in [-0.4, -0.2) is 29.0 Å². The Morgan fingerprint density at radius 2 is 2.20 bits per heavy atom. The van der Waals surface area contributed by atoms with Gasteiger partial charge in [0.2, 0.25) is 5.88 Å². The maximum atomic E-state index is 13.2. The fourth-order valence-corrected chi connectivity index (χ4v) is 1.76. The van der Waals surface area contributed by atoms with Gasteiger partial charge in [-0.25, -0.2) is 9.18 Å². The summed E-state index contributed by atoms with van der Waals surface area (Å²) < 4.78 is 24.8. The predicted octanol–water partition coefficient (Wildman–Crippen LogP) is 2.17. The SMILES string of the molecule is CCOC(=O)COc1cc(-c2cccc(F)c2)n(C)n1. The van der Waals surface area contributed by atoms with Crippen LogP contribution in [0.25, 0.3) is 11.3 Å². The lowest BCUT2D eigenvalue weighted by atomic mass is 10.1. The van der Waals surface area contributed by atoms with E-state index < -0.39 is 5.97 Å². The number of aromatic nitrogens is 2. The van der Waals surface area contributed by atoms with Crippen molar-refractivity contribution in [2.45, 2.75) is 6.92 Å². The van der Waals surface area contributed by atoms with Crippen LogP contribution in [-0.2, 0) is 16.6 Å². The Balaban J connectivity index is 2.12. The molecular formula is C14H15FN2O3. The Kier molecular flexibility index (Phi) is 4.34. The molecule has 0 aliphatic heterocycles. The van der Waals surface area contributed by atoms with Crippen molar-refractivity contribution in [1.82, 2.24) is 9.78 Å². The van der Waals surface area contributed by atoms with Crippen LogP contribution < -0.4 is 4.74 Å². The summed E-state index contributed by atoms with van der Waals surface area (Å²) >= 11 is 0. The molecule has 0 saturated carbocycles. The van der Waals surface area contributed by atoms with Crippen molar-refractivity contribution in [3.8, 4) is 17.1 Å². The summed E-state index contributed by atoms with van der Waals surface area (Å²) in [7, 11) is 1.72. The lowest BCUT2D eigenvalue weighted by Crippen LogP contribution is -2.14. The molecule has 5 nitrogen and oxygen atoms in total. The largest absolute Gasteiger partial charge is 0.465 e. The summed E-state index contributed by atoms with van der Waals surface area (Å²) in [5, 5.41) is 4.11. The van der Waals surface area contributed by atoms with Crippen molar-refractivity contribution in [3.63, 3.8) is 0 Å². The third kappa shape index (κ3) is 3.34. The first-order valence-electron chi connectivity index (χ1n) is 6.18. The fraction of sp³-hybridized carbons (Fsp3) is 0.286. The summed E-state index contributed by atoms with van der Waals surface area (Å²) in [4.78, 5) is 11.2. The minimum Gasteiger partial charge on any atom is -0.465 e. The van der Waals surface area contributed by atoms with Crippen LogP contribution in [0.3, 0.4) is 0 Å². The third-order valence-electron chi connectivity index (χ3n) is 2.62. The van der Waals surface area contributed by atoms with E-state index in [0.29, 0.717) is 23.7 Å². The van der Waals surface area contributed by atoms with Crippen LogP contribution >= 0.6 is 0 Å². The predicted molar refractivity (Wildman–Crippen MR) is 70.7 cm³/mol. The van der Waals surface area contributed by atoms with E-state index in [-0.39, 0.29) is 12.4 Å². The summed E-state index contributed by atoms with van der Waals surface area (Å²) in [6.45, 7) is 1.83. The Bertz CT molecular complexity index is 610. The summed E-state index contributed by atoms with van der Waals surface area (Å²) in [5.74, 6) is -0.483. The molecule has 0 radical (unpaired) electrons. The van der Waals surface area contributed by atoms with Crippen LogP contribution in [0.15, 0.2) is 30.3 Å². The zero-order valence-electron chi connectivity index (χ0n) is 11.3. The van der Waals surface area contributed by atoms with Gasteiger partial charge in [-0.2, -0.15) is 0 Å². The van der Waals surface area contributed by atoms with Gasteiger partial charge in [0, 0.05) is 18.7 Å². The molecule has 0 amide bonds. The zero-order chi connectivity index (χ0) is 14.5. The van der Waals surface area contributed by atoms with E-state index in [1.165, 1.54) is 12.1 Å². The van der Waals surface area contributed by atoms with Crippen molar-refractivity contribution >= 4 is 5.97 Å². The molecule has 6 heteroatoms. The molecule has 1 aromatic heterocycles. The average Bonchev–Trinajstić information content (AvgIpc) is 2.78. The van der Waals surface area contributed by atoms with Crippen LogP contribution in [0, 0.1) is 5.82 Å². The van der Waals surface area contributed by atoms with Crippen LogP contribution in [0.2, 0.25) is 0 Å². The second-order valence-corrected chi connectivity index (χ2v) is 4.10. The number of carbonyl (C=O) groups excluding carboxylic acids is 1. The Morgan fingerprint density at radius 1 is 1.40 bits per heavy atom. The van der Waals surface area contributed by atoms with E-state index in [4.69, 9.17) is 9.47 Å². The first-order chi connectivity index (χ1) is 9.60. The first-order valence-corrected chi connectivity index (χ1v) is 6.18. The minimum atomic E-state index is -0.453. The van der Waals surface area contributed by atoms with E-state index in [1.54, 1.807) is 36.9 Å². The van der Waals surface area contributed by atoms with E-state index in [2.05, 4.69) is 5.10 Å². The van der Waals surface area contributed by atoms with Gasteiger partial charge in [-0.05, 0) is 19.1 Å². The molecule has 0 aliphatic rings. The van der Waals surface area contributed by atoms with E-state index in [1.807, 2.05) is 0 Å². The maximum Gasteiger partial charge on any atom is 0.344 e. The Hall–Kier alpha value is -2.37. The molecule has 0 fully saturated rings. The first kappa shape index (κ1) is 14.0. The van der Waals surface area contributed by atoms with Crippen molar-refractivity contribution in [3.05, 3.63) is 36.1 Å². The molecule has 106 valence electrons. The number of hydrogen-bond acceptors (Lipinski definition) is 4. The summed E-state index contributed by atoms with van der Waals surface area (Å²) in [6.07, 6.45) is 0. The molecule has 0 bridgehead atoms. The van der Waals surface area contributed by atoms with Gasteiger partial charge in [0.25, 0.3) is 0 Å². The van der Waals surface area contributed by atoms with Gasteiger partial charge in [0.1, 0.15) is 5.82 Å². The molecule has 0 aliphatic carbocycles. The fourth-order valence-electron chi connectivity index (χ4n) is 1.76. The molecule has 0 unspecified atom stereocenters. The van der Waals surface area contributed by atoms with Gasteiger partial charge in [0.15, 0.2) is 6.61 Å². The minimum absolute atomic E-state index is 0.201. The molecule has 1 heterocycles. The van der Waals surface area contributed by atoms with Crippen LogP contribution in [0.5, 0.6) is 5.88 Å². The lowest BCUT2D eigenvalue weighted by molar-refractivity contribution is -0.145. The Labute approximate surface area is 115 Å². The van der Waals surface area contributed by atoms with Crippen molar-refractivity contribution in [1.29, 1.82) is 0 Å². The van der Waals surface area contributed by atoms with Crippen LogP contribution in [0.1, 0.15) is 6.92 Å². The van der Waals surface area contributed by atoms with Crippen LogP contribution in [0.4, 0.5) is 4.39 Å². The molecule has 0 spiro atoms. The van der Waals surface area contributed by atoms with Gasteiger partial charge in [0.05, 0.1) is 12.3 Å². The number of nitrogens with zero attached hydrogens (tertiary/aromatic N) is 2. The number of rotatable bonds is 5. The number of esters is 1. The smallest absolute Gasteiger partial charge is 0.344 e. The van der Waals surface area contributed by atoms with Gasteiger partial charge < -0.3 is 9.47 Å². The van der Waals surface area contributed by atoms with Crippen molar-refractivity contribution in [2.75, 3.05) is 13.2 Å². The van der Waals surface area contributed by atoms with Gasteiger partial charge in [-0.15, -0.1) is 5.10 Å². The molecule has 1 aromatic carbocycles. The highest BCUT2D eigenvalue weighted by Gasteiger charge is 2.11. The monoisotopic (exact) mass is 278 g/mol. The van der Waals surface area contributed by atoms with Gasteiger partial charge in [-0.1, -0.05) is 12.1 Å². The maximum absolute atomic E-state index is 13.2. The zero-order valence-corrected chi connectivity index (χ0v) is 11.3. The molecule has 20 heavy (non-hydrogen) atoms. The van der Waals surface area contributed by atoms with Gasteiger partial charge in [-0.3, -0.25) is 4.68 Å². The van der Waals surface area contributed by atoms with E-state index in [9.17, 15) is 9.18 Å². The quantitative estimate of drug-likeness (QED) is 0.786. The highest BCUT2D eigenvalue weighted by Crippen LogP contribution is 2.23. The van der Waals surface area contributed by atoms with Crippen molar-refractivity contribution in [2.24, 2.45) is 7.05 Å². The standard InChI is InChI=1S/C14H15FN2O3/c1-3-19-14(18)9-20-13-8-12(17(2)16-13)10-5-4-6-11(15)7-10/h4-8H,3,9H2,1-2H3. The van der Waals surface area contributed by atoms with E-state index >= 15 is 0 Å². The number of aryl methyl sites for hydroxylation is 1. The van der Waals surface area contributed by atoms with Crippen molar-refractivity contribution < 1.29 is 18.7 Å². The molecule has 0 atom stereocenters. The highest BCUT2D eigenvalue weighted by atomic mass is 19.1. The molecule has 2 aromatic rings. The summed E-state index contributed by atoms with van der Waals surface area (Å²) in [5.41, 5.74) is 1.38. The topological polar surface area (TPSA) is 53.4 Å². The van der Waals surface area contributed by atoms with Gasteiger partial charge >= 0.3 is 5.97 Å². The second-order valence-electron chi connectivity index (χ2n) is 4.10. The van der Waals surface area contributed by atoms with E-state index in [0.717, 1.165) is 0 Å². The number of hydrogen-bond donors (Lipinski definition) is 0. The number of carbonyl (C=O) groups is 1. The highest BCUT2D eigenvalue weighted by molar-refractivity contribution is 5.71. The molecule has 0 N–H and O–H groups in total. The number of halogens is 1. The summed E-state index contributed by atoms with van der Waals surface area (Å²) in [6, 6.07) is 7.82. The normalized spacial score (nSPS) is 10.3. The Morgan fingerprint density at radius 3 is 2.90 bits per heavy atom. The molecule has 2 rings (SSSR count).